The molecule has 0 spiro atoms. The minimum absolute atomic E-state index is 0.357. The van der Waals surface area contributed by atoms with Gasteiger partial charge in [-0.05, 0) is 35.4 Å². The molecule has 0 radical (unpaired) electrons. The van der Waals surface area contributed by atoms with E-state index in [4.69, 9.17) is 0 Å². The lowest BCUT2D eigenvalue weighted by Gasteiger charge is -2.41. The van der Waals surface area contributed by atoms with Crippen LogP contribution in [-0.2, 0) is 5.41 Å². The molecule has 1 heteroatoms. The topological polar surface area (TPSA) is 0 Å². The van der Waals surface area contributed by atoms with Gasteiger partial charge in [0, 0.05) is 16.2 Å². The Bertz CT molecular complexity index is 615. The number of allylic oxidation sites excluding steroid dienone is 1. The Hall–Kier alpha value is -1.34. The molecule has 20 heavy (non-hydrogen) atoms. The van der Waals surface area contributed by atoms with Gasteiger partial charge in [-0.1, -0.05) is 61.7 Å². The van der Waals surface area contributed by atoms with Crippen LogP contribution in [-0.4, -0.2) is 0 Å². The maximum atomic E-state index is 2.47. The van der Waals surface area contributed by atoms with Gasteiger partial charge in [0.05, 0.1) is 0 Å². The summed E-state index contributed by atoms with van der Waals surface area (Å²) in [5.74, 6) is 0.581. The predicted octanol–water partition coefficient (Wildman–Crippen LogP) is 5.76. The number of benzene rings is 1. The van der Waals surface area contributed by atoms with E-state index in [0.717, 1.165) is 0 Å². The van der Waals surface area contributed by atoms with Crippen LogP contribution in [0.3, 0.4) is 0 Å². The molecule has 1 aromatic heterocycles. The third kappa shape index (κ3) is 1.80. The summed E-state index contributed by atoms with van der Waals surface area (Å²) in [7, 11) is 0. The molecular weight excluding hydrogens is 260 g/mol. The minimum atomic E-state index is 0.357. The average molecular weight is 280 g/mol. The van der Waals surface area contributed by atoms with Crippen molar-refractivity contribution in [3.63, 3.8) is 0 Å². The van der Waals surface area contributed by atoms with Gasteiger partial charge >= 0.3 is 0 Å². The van der Waals surface area contributed by atoms with Crippen LogP contribution in [0.2, 0.25) is 0 Å². The van der Waals surface area contributed by atoms with E-state index in [2.05, 4.69) is 53.9 Å². The largest absolute Gasteiger partial charge is 0.148 e. The van der Waals surface area contributed by atoms with Crippen molar-refractivity contribution in [2.24, 2.45) is 0 Å². The summed E-state index contributed by atoms with van der Waals surface area (Å²) in [5.41, 5.74) is 3.33. The Morgan fingerprint density at radius 3 is 2.60 bits per heavy atom. The SMILES string of the molecule is C1=CC(C2(c3cccs3)CCCCC2)c2ccccc21. The first-order chi connectivity index (χ1) is 9.90. The van der Waals surface area contributed by atoms with Crippen LogP contribution in [0.25, 0.3) is 6.08 Å². The van der Waals surface area contributed by atoms with Crippen molar-refractivity contribution in [3.05, 3.63) is 63.9 Å². The van der Waals surface area contributed by atoms with Gasteiger partial charge < -0.3 is 0 Å². The maximum Gasteiger partial charge on any atom is 0.0151 e. The highest BCUT2D eigenvalue weighted by atomic mass is 32.1. The van der Waals surface area contributed by atoms with Gasteiger partial charge in [0.15, 0.2) is 0 Å². The Morgan fingerprint density at radius 1 is 0.950 bits per heavy atom. The summed E-state index contributed by atoms with van der Waals surface area (Å²) in [6.07, 6.45) is 11.7. The zero-order chi connectivity index (χ0) is 13.4. The second-order valence-corrected chi connectivity index (χ2v) is 7.11. The second-order valence-electron chi connectivity index (χ2n) is 6.16. The molecule has 1 unspecified atom stereocenters. The fourth-order valence-electron chi connectivity index (χ4n) is 4.19. The molecule has 4 rings (SSSR count). The van der Waals surface area contributed by atoms with Gasteiger partial charge in [0.25, 0.3) is 0 Å². The second kappa shape index (κ2) is 4.89. The zero-order valence-corrected chi connectivity index (χ0v) is 12.5. The summed E-state index contributed by atoms with van der Waals surface area (Å²) in [6.45, 7) is 0. The van der Waals surface area contributed by atoms with E-state index in [1.54, 1.807) is 10.4 Å². The molecule has 0 nitrogen and oxygen atoms in total. The molecule has 1 atom stereocenters. The fourth-order valence-corrected chi connectivity index (χ4v) is 5.21. The van der Waals surface area contributed by atoms with E-state index in [1.165, 1.54) is 37.7 Å². The van der Waals surface area contributed by atoms with Gasteiger partial charge in [0.1, 0.15) is 0 Å². The molecule has 2 aliphatic carbocycles. The Morgan fingerprint density at radius 2 is 1.80 bits per heavy atom. The molecule has 1 aromatic carbocycles. The lowest BCUT2D eigenvalue weighted by atomic mass is 9.63. The fraction of sp³-hybridized carbons (Fsp3) is 0.368. The lowest BCUT2D eigenvalue weighted by Crippen LogP contribution is -2.33. The summed E-state index contributed by atoms with van der Waals surface area (Å²) < 4.78 is 0. The highest BCUT2D eigenvalue weighted by Crippen LogP contribution is 2.53. The molecule has 1 saturated carbocycles. The Kier molecular flexibility index (Phi) is 3.03. The van der Waals surface area contributed by atoms with Crippen LogP contribution in [0, 0.1) is 0 Å². The first-order valence-electron chi connectivity index (χ1n) is 7.71. The van der Waals surface area contributed by atoms with Crippen molar-refractivity contribution in [1.29, 1.82) is 0 Å². The molecule has 2 aliphatic rings. The number of fused-ring (bicyclic) bond motifs is 1. The predicted molar refractivity (Wildman–Crippen MR) is 87.3 cm³/mol. The van der Waals surface area contributed by atoms with E-state index >= 15 is 0 Å². The van der Waals surface area contributed by atoms with E-state index in [-0.39, 0.29) is 0 Å². The number of hydrogen-bond acceptors (Lipinski definition) is 1. The first kappa shape index (κ1) is 12.4. The molecular formula is C19H20S. The Labute approximate surface area is 125 Å². The van der Waals surface area contributed by atoms with E-state index < -0.39 is 0 Å². The smallest absolute Gasteiger partial charge is 0.0151 e. The summed E-state index contributed by atoms with van der Waals surface area (Å²) >= 11 is 1.96. The molecule has 0 aliphatic heterocycles. The third-order valence-corrected chi connectivity index (χ3v) is 6.24. The van der Waals surface area contributed by atoms with Crippen LogP contribution < -0.4 is 0 Å². The van der Waals surface area contributed by atoms with Crippen molar-refractivity contribution in [1.82, 2.24) is 0 Å². The van der Waals surface area contributed by atoms with Gasteiger partial charge in [-0.2, -0.15) is 0 Å². The first-order valence-corrected chi connectivity index (χ1v) is 8.59. The highest BCUT2D eigenvalue weighted by molar-refractivity contribution is 7.10. The highest BCUT2D eigenvalue weighted by Gasteiger charge is 2.43. The molecule has 2 aromatic rings. The van der Waals surface area contributed by atoms with Crippen molar-refractivity contribution in [2.75, 3.05) is 0 Å². The van der Waals surface area contributed by atoms with Crippen molar-refractivity contribution in [2.45, 2.75) is 43.4 Å². The summed E-state index contributed by atoms with van der Waals surface area (Å²) in [6, 6.07) is 13.5. The van der Waals surface area contributed by atoms with Crippen molar-refractivity contribution >= 4 is 17.4 Å². The van der Waals surface area contributed by atoms with Gasteiger partial charge in [-0.25, -0.2) is 0 Å². The lowest BCUT2D eigenvalue weighted by molar-refractivity contribution is 0.273. The minimum Gasteiger partial charge on any atom is -0.148 e. The standard InChI is InChI=1S/C19H20S/c1-4-12-19(13-5-1,18-9-6-14-20-18)17-11-10-15-7-2-3-8-16(15)17/h2-3,6-11,14,17H,1,4-5,12-13H2. The Balaban J connectivity index is 1.83. The molecule has 0 bridgehead atoms. The van der Waals surface area contributed by atoms with Crippen LogP contribution in [0.4, 0.5) is 0 Å². The number of rotatable bonds is 2. The quantitative estimate of drug-likeness (QED) is 0.656. The molecule has 0 N–H and O–H groups in total. The number of thiophene rings is 1. The van der Waals surface area contributed by atoms with E-state index in [1.807, 2.05) is 11.3 Å². The van der Waals surface area contributed by atoms with Crippen molar-refractivity contribution in [3.8, 4) is 0 Å². The molecule has 1 fully saturated rings. The monoisotopic (exact) mass is 280 g/mol. The van der Waals surface area contributed by atoms with Gasteiger partial charge in [-0.15, -0.1) is 11.3 Å². The van der Waals surface area contributed by atoms with E-state index in [9.17, 15) is 0 Å². The van der Waals surface area contributed by atoms with Gasteiger partial charge in [-0.3, -0.25) is 0 Å². The van der Waals surface area contributed by atoms with E-state index in [0.29, 0.717) is 11.3 Å². The third-order valence-electron chi connectivity index (χ3n) is 5.15. The molecule has 0 amide bonds. The molecule has 0 saturated heterocycles. The molecule has 1 heterocycles. The summed E-state index contributed by atoms with van der Waals surface area (Å²) in [5, 5.41) is 2.25. The maximum absolute atomic E-state index is 2.47. The van der Waals surface area contributed by atoms with Crippen LogP contribution in [0.5, 0.6) is 0 Å². The summed E-state index contributed by atoms with van der Waals surface area (Å²) in [4.78, 5) is 1.60. The van der Waals surface area contributed by atoms with Crippen molar-refractivity contribution < 1.29 is 0 Å². The molecule has 102 valence electrons. The zero-order valence-electron chi connectivity index (χ0n) is 11.7. The average Bonchev–Trinajstić information content (AvgIpc) is 3.18. The van der Waals surface area contributed by atoms with Crippen LogP contribution in [0.15, 0.2) is 47.9 Å². The van der Waals surface area contributed by atoms with Gasteiger partial charge in [0.2, 0.25) is 0 Å². The van der Waals surface area contributed by atoms with Crippen LogP contribution >= 0.6 is 11.3 Å². The normalized spacial score (nSPS) is 23.7. The number of hydrogen-bond donors (Lipinski definition) is 0. The van der Waals surface area contributed by atoms with Crippen LogP contribution in [0.1, 0.15) is 54.0 Å².